The summed E-state index contributed by atoms with van der Waals surface area (Å²) < 4.78 is 11.0. The first-order valence-electron chi connectivity index (χ1n) is 8.00. The van der Waals surface area contributed by atoms with Crippen LogP contribution in [-0.4, -0.2) is 19.1 Å². The van der Waals surface area contributed by atoms with E-state index in [1.165, 1.54) is 0 Å². The first kappa shape index (κ1) is 18.1. The summed E-state index contributed by atoms with van der Waals surface area (Å²) in [5.41, 5.74) is 1.74. The summed E-state index contributed by atoms with van der Waals surface area (Å²) in [6.07, 6.45) is 1.05. The molecule has 2 rings (SSSR count). The molecule has 0 saturated carbocycles. The highest BCUT2D eigenvalue weighted by Crippen LogP contribution is 2.21. The van der Waals surface area contributed by atoms with E-state index in [0.717, 1.165) is 27.8 Å². The summed E-state index contributed by atoms with van der Waals surface area (Å²) in [5.74, 6) is 1.53. The molecule has 0 unspecified atom stereocenters. The van der Waals surface area contributed by atoms with Crippen molar-refractivity contribution in [2.24, 2.45) is 0 Å². The Kier molecular flexibility index (Phi) is 6.94. The predicted molar refractivity (Wildman–Crippen MR) is 97.2 cm³/mol. The molecular weight excluding hydrogens is 326 g/mol. The van der Waals surface area contributed by atoms with Crippen LogP contribution in [0.3, 0.4) is 0 Å². The van der Waals surface area contributed by atoms with Gasteiger partial charge in [-0.25, -0.2) is 0 Å². The van der Waals surface area contributed by atoms with Crippen LogP contribution in [0.25, 0.3) is 0 Å². The minimum Gasteiger partial charge on any atom is -0.494 e. The van der Waals surface area contributed by atoms with Crippen molar-refractivity contribution in [1.82, 2.24) is 0 Å². The van der Waals surface area contributed by atoms with E-state index in [1.54, 1.807) is 0 Å². The number of hydrogen-bond acceptors (Lipinski definition) is 3. The standard InChI is InChI=1S/C19H22ClNO3/c1-3-23-16-8-6-15(7-9-16)21-19(22)5-4-12-24-17-10-11-18(20)14(2)13-17/h6-11,13H,3-5,12H2,1-2H3,(H,21,22). The number of benzene rings is 2. The Hall–Kier alpha value is -2.20. The van der Waals surface area contributed by atoms with Gasteiger partial charge in [0.1, 0.15) is 11.5 Å². The molecular formula is C19H22ClNO3. The number of anilines is 1. The zero-order valence-corrected chi connectivity index (χ0v) is 14.7. The number of nitrogens with one attached hydrogen (secondary N) is 1. The number of carbonyl (C=O) groups is 1. The highest BCUT2D eigenvalue weighted by atomic mass is 35.5. The van der Waals surface area contributed by atoms with Gasteiger partial charge in [0.25, 0.3) is 0 Å². The maximum absolute atomic E-state index is 11.9. The molecule has 24 heavy (non-hydrogen) atoms. The van der Waals surface area contributed by atoms with Crippen LogP contribution in [0.15, 0.2) is 42.5 Å². The minimum absolute atomic E-state index is 0.0324. The van der Waals surface area contributed by atoms with Gasteiger partial charge in [-0.1, -0.05) is 11.6 Å². The third kappa shape index (κ3) is 5.78. The van der Waals surface area contributed by atoms with Crippen LogP contribution >= 0.6 is 11.6 Å². The summed E-state index contributed by atoms with van der Waals surface area (Å²) in [6, 6.07) is 12.9. The van der Waals surface area contributed by atoms with E-state index >= 15 is 0 Å². The quantitative estimate of drug-likeness (QED) is 0.695. The molecule has 0 spiro atoms. The fourth-order valence-corrected chi connectivity index (χ4v) is 2.27. The van der Waals surface area contributed by atoms with E-state index in [-0.39, 0.29) is 5.91 Å². The van der Waals surface area contributed by atoms with Gasteiger partial charge in [0.15, 0.2) is 0 Å². The van der Waals surface area contributed by atoms with E-state index in [9.17, 15) is 4.79 Å². The number of ether oxygens (including phenoxy) is 2. The Morgan fingerprint density at radius 1 is 1.08 bits per heavy atom. The molecule has 2 aromatic carbocycles. The van der Waals surface area contributed by atoms with Crippen LogP contribution in [0.4, 0.5) is 5.69 Å². The van der Waals surface area contributed by atoms with Crippen molar-refractivity contribution in [3.63, 3.8) is 0 Å². The molecule has 1 amide bonds. The number of rotatable bonds is 8. The Balaban J connectivity index is 1.70. The van der Waals surface area contributed by atoms with Crippen LogP contribution < -0.4 is 14.8 Å². The van der Waals surface area contributed by atoms with Crippen LogP contribution in [0.2, 0.25) is 5.02 Å². The first-order chi connectivity index (χ1) is 11.6. The Labute approximate surface area is 147 Å². The summed E-state index contributed by atoms with van der Waals surface area (Å²) in [5, 5.41) is 3.58. The average Bonchev–Trinajstić information content (AvgIpc) is 2.57. The van der Waals surface area contributed by atoms with Gasteiger partial charge in [-0.15, -0.1) is 0 Å². The lowest BCUT2D eigenvalue weighted by Gasteiger charge is -2.09. The van der Waals surface area contributed by atoms with Crippen molar-refractivity contribution in [1.29, 1.82) is 0 Å². The fraction of sp³-hybridized carbons (Fsp3) is 0.316. The van der Waals surface area contributed by atoms with Gasteiger partial charge in [0.2, 0.25) is 5.91 Å². The second-order valence-corrected chi connectivity index (χ2v) is 5.78. The fourth-order valence-electron chi connectivity index (χ4n) is 2.15. The number of halogens is 1. The number of amides is 1. The molecule has 128 valence electrons. The number of carbonyl (C=O) groups excluding carboxylic acids is 1. The molecule has 0 aliphatic rings. The predicted octanol–water partition coefficient (Wildman–Crippen LogP) is 4.84. The zero-order valence-electron chi connectivity index (χ0n) is 14.0. The van der Waals surface area contributed by atoms with E-state index < -0.39 is 0 Å². The average molecular weight is 348 g/mol. The smallest absolute Gasteiger partial charge is 0.224 e. The second-order valence-electron chi connectivity index (χ2n) is 5.37. The molecule has 0 radical (unpaired) electrons. The van der Waals surface area contributed by atoms with Crippen molar-refractivity contribution in [2.75, 3.05) is 18.5 Å². The van der Waals surface area contributed by atoms with Gasteiger partial charge in [-0.3, -0.25) is 4.79 Å². The number of hydrogen-bond donors (Lipinski definition) is 1. The Morgan fingerprint density at radius 2 is 1.79 bits per heavy atom. The van der Waals surface area contributed by atoms with Gasteiger partial charge >= 0.3 is 0 Å². The van der Waals surface area contributed by atoms with E-state index in [2.05, 4.69) is 5.32 Å². The van der Waals surface area contributed by atoms with Crippen LogP contribution in [0.5, 0.6) is 11.5 Å². The van der Waals surface area contributed by atoms with Crippen molar-refractivity contribution in [3.8, 4) is 11.5 Å². The van der Waals surface area contributed by atoms with Gasteiger partial charge < -0.3 is 14.8 Å². The summed E-state index contributed by atoms with van der Waals surface area (Å²) >= 11 is 5.97. The molecule has 4 nitrogen and oxygen atoms in total. The lowest BCUT2D eigenvalue weighted by Crippen LogP contribution is -2.12. The van der Waals surface area contributed by atoms with Gasteiger partial charge in [-0.2, -0.15) is 0 Å². The van der Waals surface area contributed by atoms with Crippen molar-refractivity contribution < 1.29 is 14.3 Å². The highest BCUT2D eigenvalue weighted by molar-refractivity contribution is 6.31. The molecule has 0 heterocycles. The van der Waals surface area contributed by atoms with Gasteiger partial charge in [0.05, 0.1) is 13.2 Å². The molecule has 1 N–H and O–H groups in total. The van der Waals surface area contributed by atoms with Crippen LogP contribution in [-0.2, 0) is 4.79 Å². The zero-order chi connectivity index (χ0) is 17.4. The summed E-state index contributed by atoms with van der Waals surface area (Å²) in [7, 11) is 0. The molecule has 0 aromatic heterocycles. The van der Waals surface area contributed by atoms with Gasteiger partial charge in [-0.05, 0) is 68.3 Å². The molecule has 0 saturated heterocycles. The third-order valence-electron chi connectivity index (χ3n) is 3.40. The maximum atomic E-state index is 11.9. The van der Waals surface area contributed by atoms with E-state index in [0.29, 0.717) is 26.1 Å². The monoisotopic (exact) mass is 347 g/mol. The Bertz CT molecular complexity index is 671. The van der Waals surface area contributed by atoms with Crippen molar-refractivity contribution in [2.45, 2.75) is 26.7 Å². The lowest BCUT2D eigenvalue weighted by molar-refractivity contribution is -0.116. The summed E-state index contributed by atoms with van der Waals surface area (Å²) in [6.45, 7) is 4.97. The van der Waals surface area contributed by atoms with Crippen LogP contribution in [0, 0.1) is 6.92 Å². The van der Waals surface area contributed by atoms with Crippen molar-refractivity contribution in [3.05, 3.63) is 53.1 Å². The molecule has 0 aliphatic heterocycles. The van der Waals surface area contributed by atoms with E-state index in [4.69, 9.17) is 21.1 Å². The first-order valence-corrected chi connectivity index (χ1v) is 8.38. The topological polar surface area (TPSA) is 47.6 Å². The molecule has 0 fully saturated rings. The summed E-state index contributed by atoms with van der Waals surface area (Å²) in [4.78, 5) is 11.9. The van der Waals surface area contributed by atoms with Crippen LogP contribution in [0.1, 0.15) is 25.3 Å². The normalized spacial score (nSPS) is 10.3. The maximum Gasteiger partial charge on any atom is 0.224 e. The largest absolute Gasteiger partial charge is 0.494 e. The SMILES string of the molecule is CCOc1ccc(NC(=O)CCCOc2ccc(Cl)c(C)c2)cc1. The third-order valence-corrected chi connectivity index (χ3v) is 3.82. The molecule has 0 aliphatic carbocycles. The molecule has 0 atom stereocenters. The molecule has 0 bridgehead atoms. The second kappa shape index (κ2) is 9.18. The Morgan fingerprint density at radius 3 is 2.46 bits per heavy atom. The minimum atomic E-state index is -0.0324. The molecule has 2 aromatic rings. The lowest BCUT2D eigenvalue weighted by atomic mass is 10.2. The van der Waals surface area contributed by atoms with E-state index in [1.807, 2.05) is 56.3 Å². The number of aryl methyl sites for hydroxylation is 1. The van der Waals surface area contributed by atoms with Crippen molar-refractivity contribution >= 4 is 23.2 Å². The molecule has 5 heteroatoms. The highest BCUT2D eigenvalue weighted by Gasteiger charge is 2.04. The van der Waals surface area contributed by atoms with Gasteiger partial charge in [0, 0.05) is 17.1 Å².